The molecule has 0 fully saturated rings. The molecule has 0 aliphatic rings. The first-order valence-corrected chi connectivity index (χ1v) is 5.23. The molecule has 0 unspecified atom stereocenters. The van der Waals surface area contributed by atoms with Crippen LogP contribution in [0, 0.1) is 0 Å². The summed E-state index contributed by atoms with van der Waals surface area (Å²) in [7, 11) is 0. The maximum absolute atomic E-state index is 11.1. The molecule has 14 heavy (non-hydrogen) atoms. The van der Waals surface area contributed by atoms with Crippen molar-refractivity contribution < 1.29 is 9.21 Å². The third-order valence-corrected chi connectivity index (χ3v) is 1.97. The summed E-state index contributed by atoms with van der Waals surface area (Å²) in [6, 6.07) is 3.57. The number of carbonyl (C=O) groups is 1. The molecule has 0 aromatic carbocycles. The van der Waals surface area contributed by atoms with Gasteiger partial charge in [-0.2, -0.15) is 0 Å². The molecule has 1 amide bonds. The molecule has 76 valence electrons. The zero-order valence-electron chi connectivity index (χ0n) is 7.92. The lowest BCUT2D eigenvalue weighted by Crippen LogP contribution is -2.21. The van der Waals surface area contributed by atoms with Crippen molar-refractivity contribution in [2.75, 3.05) is 6.54 Å². The Balaban J connectivity index is 2.43. The molecule has 0 bridgehead atoms. The highest BCUT2D eigenvalue weighted by Crippen LogP contribution is 2.14. The van der Waals surface area contributed by atoms with Crippen molar-refractivity contribution in [2.24, 2.45) is 0 Å². The van der Waals surface area contributed by atoms with Gasteiger partial charge in [-0.05, 0) is 40.6 Å². The number of hydrogen-bond donors (Lipinski definition) is 1. The zero-order valence-corrected chi connectivity index (χ0v) is 9.50. The summed E-state index contributed by atoms with van der Waals surface area (Å²) in [4.78, 5) is 11.1. The summed E-state index contributed by atoms with van der Waals surface area (Å²) in [5, 5.41) is 2.73. The smallest absolute Gasteiger partial charge is 0.244 e. The highest BCUT2D eigenvalue weighted by Gasteiger charge is 1.96. The van der Waals surface area contributed by atoms with Gasteiger partial charge in [0.25, 0.3) is 0 Å². The normalized spacial score (nSPS) is 10.7. The summed E-state index contributed by atoms with van der Waals surface area (Å²) in [5.41, 5.74) is 0. The van der Waals surface area contributed by atoms with Crippen molar-refractivity contribution in [3.63, 3.8) is 0 Å². The van der Waals surface area contributed by atoms with Crippen molar-refractivity contribution in [1.82, 2.24) is 5.32 Å². The first kappa shape index (κ1) is 11.0. The van der Waals surface area contributed by atoms with Gasteiger partial charge in [0.05, 0.1) is 0 Å². The average molecular weight is 258 g/mol. The molecule has 3 nitrogen and oxygen atoms in total. The van der Waals surface area contributed by atoms with Gasteiger partial charge in [-0.3, -0.25) is 4.79 Å². The lowest BCUT2D eigenvalue weighted by Gasteiger charge is -1.96. The number of furan rings is 1. The Morgan fingerprint density at radius 2 is 2.43 bits per heavy atom. The van der Waals surface area contributed by atoms with Crippen LogP contribution in [0.5, 0.6) is 0 Å². The molecule has 0 spiro atoms. The van der Waals surface area contributed by atoms with Crippen LogP contribution in [0.25, 0.3) is 6.08 Å². The van der Waals surface area contributed by atoms with Crippen LogP contribution in [0.1, 0.15) is 19.1 Å². The highest BCUT2D eigenvalue weighted by atomic mass is 79.9. The van der Waals surface area contributed by atoms with Gasteiger partial charge in [0.1, 0.15) is 5.76 Å². The van der Waals surface area contributed by atoms with E-state index in [1.807, 2.05) is 6.92 Å². The van der Waals surface area contributed by atoms with Gasteiger partial charge in [0, 0.05) is 12.6 Å². The fourth-order valence-electron chi connectivity index (χ4n) is 0.883. The first-order chi connectivity index (χ1) is 6.72. The molecule has 1 heterocycles. The van der Waals surface area contributed by atoms with Gasteiger partial charge in [0.15, 0.2) is 4.67 Å². The van der Waals surface area contributed by atoms with Crippen LogP contribution >= 0.6 is 15.9 Å². The van der Waals surface area contributed by atoms with Crippen LogP contribution in [-0.4, -0.2) is 12.5 Å². The van der Waals surface area contributed by atoms with Gasteiger partial charge in [-0.25, -0.2) is 0 Å². The van der Waals surface area contributed by atoms with E-state index >= 15 is 0 Å². The lowest BCUT2D eigenvalue weighted by molar-refractivity contribution is -0.116. The number of hydrogen-bond acceptors (Lipinski definition) is 2. The minimum atomic E-state index is -0.0978. The number of carbonyl (C=O) groups excluding carboxylic acids is 1. The van der Waals surface area contributed by atoms with E-state index in [0.717, 1.165) is 6.42 Å². The molecular formula is C10H12BrNO2. The summed E-state index contributed by atoms with van der Waals surface area (Å²) in [6.07, 6.45) is 4.03. The zero-order chi connectivity index (χ0) is 10.4. The van der Waals surface area contributed by atoms with Crippen molar-refractivity contribution in [1.29, 1.82) is 0 Å². The molecule has 1 rings (SSSR count). The maximum Gasteiger partial charge on any atom is 0.244 e. The van der Waals surface area contributed by atoms with E-state index in [9.17, 15) is 4.79 Å². The van der Waals surface area contributed by atoms with E-state index < -0.39 is 0 Å². The third kappa shape index (κ3) is 3.79. The first-order valence-electron chi connectivity index (χ1n) is 4.43. The fourth-order valence-corrected chi connectivity index (χ4v) is 1.20. The Hall–Kier alpha value is -1.03. The Kier molecular flexibility index (Phi) is 4.46. The van der Waals surface area contributed by atoms with E-state index in [-0.39, 0.29) is 5.91 Å². The summed E-state index contributed by atoms with van der Waals surface area (Å²) in [5.74, 6) is 0.558. The van der Waals surface area contributed by atoms with E-state index in [1.165, 1.54) is 6.08 Å². The molecule has 4 heteroatoms. The quantitative estimate of drug-likeness (QED) is 0.843. The predicted octanol–water partition coefficient (Wildman–Crippen LogP) is 2.58. The molecule has 0 aliphatic heterocycles. The second kappa shape index (κ2) is 5.65. The fraction of sp³-hybridized carbons (Fsp3) is 0.300. The molecule has 1 aromatic heterocycles. The summed E-state index contributed by atoms with van der Waals surface area (Å²) >= 11 is 3.18. The second-order valence-corrected chi connectivity index (χ2v) is 3.55. The monoisotopic (exact) mass is 257 g/mol. The molecule has 0 saturated heterocycles. The standard InChI is InChI=1S/C10H12BrNO2/c1-2-7-12-10(13)6-4-8-3-5-9(11)14-8/h3-6H,2,7H2,1H3,(H,12,13). The molecule has 0 atom stereocenters. The number of amides is 1. The lowest BCUT2D eigenvalue weighted by atomic mass is 10.4. The Morgan fingerprint density at radius 1 is 1.64 bits per heavy atom. The van der Waals surface area contributed by atoms with Crippen molar-refractivity contribution in [2.45, 2.75) is 13.3 Å². The minimum Gasteiger partial charge on any atom is -0.450 e. The van der Waals surface area contributed by atoms with Crippen LogP contribution in [0.3, 0.4) is 0 Å². The van der Waals surface area contributed by atoms with E-state index in [1.54, 1.807) is 18.2 Å². The van der Waals surface area contributed by atoms with Crippen LogP contribution < -0.4 is 5.32 Å². The number of nitrogens with one attached hydrogen (secondary N) is 1. The summed E-state index contributed by atoms with van der Waals surface area (Å²) in [6.45, 7) is 2.71. The Bertz CT molecular complexity index is 331. The Morgan fingerprint density at radius 3 is 3.00 bits per heavy atom. The van der Waals surface area contributed by atoms with Gasteiger partial charge in [0.2, 0.25) is 5.91 Å². The second-order valence-electron chi connectivity index (χ2n) is 2.77. The van der Waals surface area contributed by atoms with E-state index in [0.29, 0.717) is 17.0 Å². The molecule has 1 N–H and O–H groups in total. The molecule has 0 radical (unpaired) electrons. The predicted molar refractivity (Wildman–Crippen MR) is 58.7 cm³/mol. The largest absolute Gasteiger partial charge is 0.450 e. The average Bonchev–Trinajstić information content (AvgIpc) is 2.58. The van der Waals surface area contributed by atoms with Crippen LogP contribution in [0.4, 0.5) is 0 Å². The van der Waals surface area contributed by atoms with Gasteiger partial charge in [-0.15, -0.1) is 0 Å². The minimum absolute atomic E-state index is 0.0978. The maximum atomic E-state index is 11.1. The van der Waals surface area contributed by atoms with Gasteiger partial charge < -0.3 is 9.73 Å². The van der Waals surface area contributed by atoms with Crippen LogP contribution in [-0.2, 0) is 4.79 Å². The summed E-state index contributed by atoms with van der Waals surface area (Å²) < 4.78 is 5.85. The van der Waals surface area contributed by atoms with Gasteiger partial charge >= 0.3 is 0 Å². The number of halogens is 1. The van der Waals surface area contributed by atoms with E-state index in [2.05, 4.69) is 21.2 Å². The Labute approximate surface area is 91.3 Å². The third-order valence-electron chi connectivity index (χ3n) is 1.54. The molecule has 0 saturated carbocycles. The molecular weight excluding hydrogens is 246 g/mol. The SMILES string of the molecule is CCCNC(=O)C=Cc1ccc(Br)o1. The van der Waals surface area contributed by atoms with Crippen LogP contribution in [0.2, 0.25) is 0 Å². The highest BCUT2D eigenvalue weighted by molar-refractivity contribution is 9.10. The van der Waals surface area contributed by atoms with Crippen molar-refractivity contribution >= 4 is 27.9 Å². The number of rotatable bonds is 4. The van der Waals surface area contributed by atoms with Crippen LogP contribution in [0.15, 0.2) is 27.3 Å². The van der Waals surface area contributed by atoms with E-state index in [4.69, 9.17) is 4.42 Å². The van der Waals surface area contributed by atoms with Crippen molar-refractivity contribution in [3.8, 4) is 0 Å². The topological polar surface area (TPSA) is 42.2 Å². The van der Waals surface area contributed by atoms with Gasteiger partial charge in [-0.1, -0.05) is 6.92 Å². The molecule has 1 aromatic rings. The molecule has 0 aliphatic carbocycles. The van der Waals surface area contributed by atoms with Crippen molar-refractivity contribution in [3.05, 3.63) is 28.6 Å².